The van der Waals surface area contributed by atoms with Crippen molar-refractivity contribution in [3.8, 4) is 11.5 Å². The van der Waals surface area contributed by atoms with Crippen LogP contribution in [-0.4, -0.2) is 56.1 Å². The molecule has 5 heteroatoms. The van der Waals surface area contributed by atoms with Crippen LogP contribution in [0.5, 0.6) is 11.5 Å². The summed E-state index contributed by atoms with van der Waals surface area (Å²) in [6, 6.07) is 16.5. The highest BCUT2D eigenvalue weighted by atomic mass is 16.5. The molecule has 2 aliphatic heterocycles. The van der Waals surface area contributed by atoms with E-state index in [2.05, 4.69) is 35.2 Å². The van der Waals surface area contributed by atoms with Gasteiger partial charge in [-0.1, -0.05) is 42.5 Å². The molecular formula is C25H32N2O3. The molecule has 0 aromatic heterocycles. The summed E-state index contributed by atoms with van der Waals surface area (Å²) in [5, 5.41) is 0. The third kappa shape index (κ3) is 4.17. The lowest BCUT2D eigenvalue weighted by molar-refractivity contribution is -0.146. The Morgan fingerprint density at radius 2 is 1.80 bits per heavy atom. The van der Waals surface area contributed by atoms with Gasteiger partial charge in [-0.05, 0) is 43.9 Å². The highest BCUT2D eigenvalue weighted by Crippen LogP contribution is 2.41. The molecule has 30 heavy (non-hydrogen) atoms. The minimum atomic E-state index is -0.221. The number of methoxy groups -OCH3 is 2. The first kappa shape index (κ1) is 20.7. The molecule has 1 spiro atoms. The maximum absolute atomic E-state index is 13.6. The fourth-order valence-electron chi connectivity index (χ4n) is 5.05. The first-order chi connectivity index (χ1) is 14.6. The molecule has 2 saturated heterocycles. The summed E-state index contributed by atoms with van der Waals surface area (Å²) in [6.45, 7) is 4.29. The summed E-state index contributed by atoms with van der Waals surface area (Å²) in [7, 11) is 3.30. The van der Waals surface area contributed by atoms with Crippen LogP contribution in [-0.2, 0) is 17.8 Å². The van der Waals surface area contributed by atoms with E-state index >= 15 is 0 Å². The number of benzene rings is 2. The summed E-state index contributed by atoms with van der Waals surface area (Å²) < 4.78 is 11.0. The normalized spacial score (nSPS) is 21.9. The maximum Gasteiger partial charge on any atom is 0.230 e. The molecule has 5 nitrogen and oxygen atoms in total. The van der Waals surface area contributed by atoms with Crippen LogP contribution < -0.4 is 9.47 Å². The molecule has 2 aromatic carbocycles. The summed E-state index contributed by atoms with van der Waals surface area (Å²) in [6.07, 6.45) is 4.06. The van der Waals surface area contributed by atoms with Gasteiger partial charge < -0.3 is 19.3 Å². The van der Waals surface area contributed by atoms with Crippen molar-refractivity contribution in [3.63, 3.8) is 0 Å². The van der Waals surface area contributed by atoms with Crippen molar-refractivity contribution in [2.75, 3.05) is 40.4 Å². The smallest absolute Gasteiger partial charge is 0.230 e. The zero-order chi connectivity index (χ0) is 21.0. The van der Waals surface area contributed by atoms with E-state index in [1.54, 1.807) is 14.2 Å². The van der Waals surface area contributed by atoms with Gasteiger partial charge in [0.05, 0.1) is 19.6 Å². The molecule has 2 aromatic rings. The number of hydrogen-bond acceptors (Lipinski definition) is 4. The largest absolute Gasteiger partial charge is 0.493 e. The highest BCUT2D eigenvalue weighted by Gasteiger charge is 2.48. The molecule has 160 valence electrons. The van der Waals surface area contributed by atoms with Gasteiger partial charge in [0.25, 0.3) is 0 Å². The lowest BCUT2D eigenvalue weighted by atomic mass is 9.78. The number of nitrogens with zero attached hydrogens (tertiary/aromatic N) is 2. The third-order valence-electron chi connectivity index (χ3n) is 6.66. The molecule has 0 bridgehead atoms. The second kappa shape index (κ2) is 9.09. The van der Waals surface area contributed by atoms with Crippen LogP contribution >= 0.6 is 0 Å². The quantitative estimate of drug-likeness (QED) is 0.700. The van der Waals surface area contributed by atoms with Crippen LogP contribution in [0.4, 0.5) is 0 Å². The fraction of sp³-hybridized carbons (Fsp3) is 0.480. The molecule has 0 unspecified atom stereocenters. The first-order valence-corrected chi connectivity index (χ1v) is 10.9. The number of likely N-dealkylation sites (tertiary alicyclic amines) is 2. The number of rotatable bonds is 7. The zero-order valence-electron chi connectivity index (χ0n) is 18.1. The van der Waals surface area contributed by atoms with E-state index in [1.807, 2.05) is 23.1 Å². The van der Waals surface area contributed by atoms with E-state index in [1.165, 1.54) is 5.56 Å². The second-order valence-electron chi connectivity index (χ2n) is 8.52. The summed E-state index contributed by atoms with van der Waals surface area (Å²) in [5.41, 5.74) is 2.14. The number of piperidine rings is 1. The van der Waals surface area contributed by atoms with Crippen molar-refractivity contribution in [1.82, 2.24) is 9.80 Å². The lowest BCUT2D eigenvalue weighted by Gasteiger charge is -2.39. The molecule has 1 atom stereocenters. The highest BCUT2D eigenvalue weighted by molar-refractivity contribution is 5.84. The Bertz CT molecular complexity index is 870. The maximum atomic E-state index is 13.6. The van der Waals surface area contributed by atoms with Gasteiger partial charge in [0.2, 0.25) is 5.91 Å². The SMILES string of the molecule is COc1cccc(CN2CCC[C@@]3(CCN(CCc4ccccc4)C3)C2=O)c1OC. The van der Waals surface area contributed by atoms with Gasteiger partial charge in [-0.15, -0.1) is 0 Å². The number of hydrogen-bond donors (Lipinski definition) is 0. The van der Waals surface area contributed by atoms with Crippen LogP contribution in [0, 0.1) is 5.41 Å². The molecule has 2 fully saturated rings. The van der Waals surface area contributed by atoms with Crippen LogP contribution in [0.15, 0.2) is 48.5 Å². The predicted octanol–water partition coefficient (Wildman–Crippen LogP) is 3.76. The Kier molecular flexibility index (Phi) is 6.28. The Balaban J connectivity index is 1.42. The number of amides is 1. The Morgan fingerprint density at radius 3 is 2.57 bits per heavy atom. The minimum Gasteiger partial charge on any atom is -0.493 e. The zero-order valence-corrected chi connectivity index (χ0v) is 18.1. The van der Waals surface area contributed by atoms with Crippen molar-refractivity contribution in [1.29, 1.82) is 0 Å². The third-order valence-corrected chi connectivity index (χ3v) is 6.66. The summed E-state index contributed by atoms with van der Waals surface area (Å²) in [5.74, 6) is 1.74. The molecule has 0 radical (unpaired) electrons. The van der Waals surface area contributed by atoms with E-state index < -0.39 is 0 Å². The topological polar surface area (TPSA) is 42.0 Å². The lowest BCUT2D eigenvalue weighted by Crippen LogP contribution is -2.49. The van der Waals surface area contributed by atoms with Gasteiger partial charge in [-0.25, -0.2) is 0 Å². The van der Waals surface area contributed by atoms with E-state index in [9.17, 15) is 4.79 Å². The van der Waals surface area contributed by atoms with Gasteiger partial charge in [0, 0.05) is 31.7 Å². The van der Waals surface area contributed by atoms with Crippen LogP contribution in [0.3, 0.4) is 0 Å². The molecule has 2 heterocycles. The number of carbonyl (C=O) groups is 1. The van der Waals surface area contributed by atoms with Gasteiger partial charge in [0.15, 0.2) is 11.5 Å². The summed E-state index contributed by atoms with van der Waals surface area (Å²) >= 11 is 0. The Morgan fingerprint density at radius 1 is 0.967 bits per heavy atom. The van der Waals surface area contributed by atoms with Gasteiger partial charge >= 0.3 is 0 Å². The number of para-hydroxylation sites is 1. The van der Waals surface area contributed by atoms with Crippen LogP contribution in [0.1, 0.15) is 30.4 Å². The number of carbonyl (C=O) groups excluding carboxylic acids is 1. The second-order valence-corrected chi connectivity index (χ2v) is 8.52. The van der Waals surface area contributed by atoms with Crippen molar-refractivity contribution in [2.45, 2.75) is 32.2 Å². The molecule has 2 aliphatic rings. The monoisotopic (exact) mass is 408 g/mol. The molecule has 0 N–H and O–H groups in total. The molecule has 1 amide bonds. The average molecular weight is 409 g/mol. The van der Waals surface area contributed by atoms with E-state index in [4.69, 9.17) is 9.47 Å². The van der Waals surface area contributed by atoms with E-state index in [0.717, 1.165) is 63.2 Å². The fourth-order valence-corrected chi connectivity index (χ4v) is 5.05. The number of ether oxygens (including phenoxy) is 2. The van der Waals surface area contributed by atoms with Crippen molar-refractivity contribution in [2.24, 2.45) is 5.41 Å². The van der Waals surface area contributed by atoms with Gasteiger partial charge in [-0.2, -0.15) is 0 Å². The van der Waals surface area contributed by atoms with Crippen LogP contribution in [0.2, 0.25) is 0 Å². The molecular weight excluding hydrogens is 376 g/mol. The molecule has 0 saturated carbocycles. The van der Waals surface area contributed by atoms with E-state index in [0.29, 0.717) is 18.2 Å². The van der Waals surface area contributed by atoms with E-state index in [-0.39, 0.29) is 5.41 Å². The summed E-state index contributed by atoms with van der Waals surface area (Å²) in [4.78, 5) is 18.1. The average Bonchev–Trinajstić information content (AvgIpc) is 3.20. The van der Waals surface area contributed by atoms with Crippen LogP contribution in [0.25, 0.3) is 0 Å². The van der Waals surface area contributed by atoms with Crippen molar-refractivity contribution < 1.29 is 14.3 Å². The van der Waals surface area contributed by atoms with Gasteiger partial charge in [0.1, 0.15) is 0 Å². The molecule has 0 aliphatic carbocycles. The predicted molar refractivity (Wildman–Crippen MR) is 118 cm³/mol. The van der Waals surface area contributed by atoms with Crippen molar-refractivity contribution in [3.05, 3.63) is 59.7 Å². The Labute approximate surface area is 179 Å². The molecule has 4 rings (SSSR count). The first-order valence-electron chi connectivity index (χ1n) is 10.9. The van der Waals surface area contributed by atoms with Gasteiger partial charge in [-0.3, -0.25) is 4.79 Å². The van der Waals surface area contributed by atoms with Crippen molar-refractivity contribution >= 4 is 5.91 Å². The minimum absolute atomic E-state index is 0.221. The Hall–Kier alpha value is -2.53. The standard InChI is InChI=1S/C25H32N2O3/c1-29-22-11-6-10-21(23(22)30-2)18-27-15-7-13-25(24(27)28)14-17-26(19-25)16-12-20-8-4-3-5-9-20/h3-6,8-11H,7,12-19H2,1-2H3/t25-/m0/s1.